The lowest BCUT2D eigenvalue weighted by Gasteiger charge is -2.10. The number of rotatable bonds is 6. The fourth-order valence-corrected chi connectivity index (χ4v) is 4.82. The first kappa shape index (κ1) is 17.1. The Morgan fingerprint density at radius 3 is 2.77 bits per heavy atom. The third-order valence-electron chi connectivity index (χ3n) is 4.48. The SMILES string of the molecule is C[C@H]([NH2+]CCc1ccccc1)c1nc2scc(-c3cccs3)c2c(=O)[nH]1. The van der Waals surface area contributed by atoms with E-state index < -0.39 is 0 Å². The van der Waals surface area contributed by atoms with E-state index >= 15 is 0 Å². The van der Waals surface area contributed by atoms with Crippen molar-refractivity contribution in [3.05, 3.63) is 75.0 Å². The fourth-order valence-electron chi connectivity index (χ4n) is 3.05. The maximum Gasteiger partial charge on any atom is 0.260 e. The Bertz CT molecular complexity index is 1050. The first-order chi connectivity index (χ1) is 12.7. The summed E-state index contributed by atoms with van der Waals surface area (Å²) in [4.78, 5) is 22.3. The Hall–Kier alpha value is -2.28. The van der Waals surface area contributed by atoms with Gasteiger partial charge in [-0.2, -0.15) is 0 Å². The standard InChI is InChI=1S/C20H19N3OS2/c1-13(21-10-9-14-6-3-2-4-7-14)18-22-19(24)17-15(12-26-20(17)23-18)16-8-5-11-25-16/h2-8,11-13,21H,9-10H2,1H3,(H,22,23,24)/p+1/t13-/m0/s1. The van der Waals surface area contributed by atoms with Gasteiger partial charge in [0.2, 0.25) is 0 Å². The van der Waals surface area contributed by atoms with Crippen molar-refractivity contribution in [3.63, 3.8) is 0 Å². The molecule has 6 heteroatoms. The van der Waals surface area contributed by atoms with E-state index in [-0.39, 0.29) is 11.6 Å². The number of nitrogens with zero attached hydrogens (tertiary/aromatic N) is 1. The number of hydrogen-bond donors (Lipinski definition) is 2. The van der Waals surface area contributed by atoms with Gasteiger partial charge in [-0.25, -0.2) is 4.98 Å². The number of nitrogens with one attached hydrogen (secondary N) is 1. The van der Waals surface area contributed by atoms with Gasteiger partial charge in [0.05, 0.1) is 11.9 Å². The van der Waals surface area contributed by atoms with Crippen LogP contribution >= 0.6 is 22.7 Å². The number of thiophene rings is 2. The van der Waals surface area contributed by atoms with Crippen molar-refractivity contribution in [1.29, 1.82) is 0 Å². The van der Waals surface area contributed by atoms with E-state index in [2.05, 4.69) is 41.5 Å². The summed E-state index contributed by atoms with van der Waals surface area (Å²) in [5, 5.41) is 6.99. The van der Waals surface area contributed by atoms with Gasteiger partial charge in [0.15, 0.2) is 5.82 Å². The summed E-state index contributed by atoms with van der Waals surface area (Å²) < 4.78 is 0. The van der Waals surface area contributed by atoms with Crippen LogP contribution in [0, 0.1) is 0 Å². The summed E-state index contributed by atoms with van der Waals surface area (Å²) >= 11 is 3.18. The van der Waals surface area contributed by atoms with Crippen LogP contribution in [-0.4, -0.2) is 16.5 Å². The van der Waals surface area contributed by atoms with Gasteiger partial charge in [-0.3, -0.25) is 4.79 Å². The Kier molecular flexibility index (Phi) is 4.97. The molecule has 1 atom stereocenters. The topological polar surface area (TPSA) is 62.4 Å². The van der Waals surface area contributed by atoms with E-state index in [0.29, 0.717) is 5.39 Å². The molecule has 1 aromatic carbocycles. The molecule has 0 spiro atoms. The highest BCUT2D eigenvalue weighted by Gasteiger charge is 2.17. The zero-order chi connectivity index (χ0) is 17.9. The third kappa shape index (κ3) is 3.49. The van der Waals surface area contributed by atoms with E-state index in [1.165, 1.54) is 5.56 Å². The van der Waals surface area contributed by atoms with Crippen molar-refractivity contribution in [2.75, 3.05) is 6.54 Å². The van der Waals surface area contributed by atoms with Crippen LogP contribution in [-0.2, 0) is 6.42 Å². The summed E-state index contributed by atoms with van der Waals surface area (Å²) in [5.41, 5.74) is 2.27. The monoisotopic (exact) mass is 382 g/mol. The van der Waals surface area contributed by atoms with Gasteiger partial charge in [0.25, 0.3) is 5.56 Å². The quantitative estimate of drug-likeness (QED) is 0.535. The second kappa shape index (κ2) is 7.53. The Morgan fingerprint density at radius 1 is 1.15 bits per heavy atom. The van der Waals surface area contributed by atoms with Gasteiger partial charge in [0, 0.05) is 22.2 Å². The highest BCUT2D eigenvalue weighted by molar-refractivity contribution is 7.18. The maximum atomic E-state index is 12.7. The van der Waals surface area contributed by atoms with Crippen molar-refractivity contribution in [3.8, 4) is 10.4 Å². The van der Waals surface area contributed by atoms with Crippen LogP contribution in [0.4, 0.5) is 0 Å². The second-order valence-corrected chi connectivity index (χ2v) is 8.11. The van der Waals surface area contributed by atoms with Crippen LogP contribution in [0.5, 0.6) is 0 Å². The molecule has 4 aromatic rings. The molecule has 0 radical (unpaired) electrons. The van der Waals surface area contributed by atoms with E-state index in [9.17, 15) is 4.79 Å². The van der Waals surface area contributed by atoms with Crippen LogP contribution in [0.2, 0.25) is 0 Å². The molecule has 0 fully saturated rings. The summed E-state index contributed by atoms with van der Waals surface area (Å²) in [6, 6.07) is 14.6. The number of quaternary nitrogens is 1. The Morgan fingerprint density at radius 2 is 2.00 bits per heavy atom. The van der Waals surface area contributed by atoms with Crippen LogP contribution < -0.4 is 10.9 Å². The highest BCUT2D eigenvalue weighted by atomic mass is 32.1. The molecule has 0 bridgehead atoms. The molecule has 4 rings (SSSR count). The smallest absolute Gasteiger partial charge is 0.260 e. The first-order valence-electron chi connectivity index (χ1n) is 8.65. The largest absolute Gasteiger partial charge is 0.337 e. The number of benzene rings is 1. The van der Waals surface area contributed by atoms with E-state index in [1.54, 1.807) is 22.7 Å². The molecular weight excluding hydrogens is 362 g/mol. The van der Waals surface area contributed by atoms with Crippen LogP contribution in [0.1, 0.15) is 24.4 Å². The molecule has 0 aliphatic rings. The molecule has 132 valence electrons. The summed E-state index contributed by atoms with van der Waals surface area (Å²) in [6.07, 6.45) is 0.999. The third-order valence-corrected chi connectivity index (χ3v) is 6.25. The Labute approximate surface area is 159 Å². The molecule has 3 aromatic heterocycles. The number of H-pyrrole nitrogens is 1. The number of fused-ring (bicyclic) bond motifs is 1. The molecule has 0 saturated heterocycles. The minimum absolute atomic E-state index is 0.0436. The van der Waals surface area contributed by atoms with Crippen molar-refractivity contribution in [1.82, 2.24) is 9.97 Å². The van der Waals surface area contributed by atoms with Crippen molar-refractivity contribution in [2.24, 2.45) is 0 Å². The van der Waals surface area contributed by atoms with Gasteiger partial charge in [-0.1, -0.05) is 36.4 Å². The summed E-state index contributed by atoms with van der Waals surface area (Å²) in [7, 11) is 0. The molecule has 0 aliphatic carbocycles. The molecular formula is C20H20N3OS2+. The average molecular weight is 383 g/mol. The van der Waals surface area contributed by atoms with Gasteiger partial charge < -0.3 is 10.3 Å². The zero-order valence-corrected chi connectivity index (χ0v) is 16.1. The van der Waals surface area contributed by atoms with Gasteiger partial charge in [0.1, 0.15) is 10.9 Å². The minimum Gasteiger partial charge on any atom is -0.337 e. The summed E-state index contributed by atoms with van der Waals surface area (Å²) in [6.45, 7) is 3.04. The molecule has 0 unspecified atom stereocenters. The van der Waals surface area contributed by atoms with Gasteiger partial charge in [-0.15, -0.1) is 22.7 Å². The highest BCUT2D eigenvalue weighted by Crippen LogP contribution is 2.33. The first-order valence-corrected chi connectivity index (χ1v) is 10.4. The minimum atomic E-state index is -0.0436. The summed E-state index contributed by atoms with van der Waals surface area (Å²) in [5.74, 6) is 0.746. The van der Waals surface area contributed by atoms with Gasteiger partial charge in [-0.05, 0) is 23.9 Å². The van der Waals surface area contributed by atoms with Gasteiger partial charge >= 0.3 is 0 Å². The lowest BCUT2D eigenvalue weighted by molar-refractivity contribution is -0.693. The lowest BCUT2D eigenvalue weighted by atomic mass is 10.1. The molecule has 3 N–H and O–H groups in total. The number of nitrogens with two attached hydrogens (primary N) is 1. The predicted molar refractivity (Wildman–Crippen MR) is 109 cm³/mol. The molecule has 0 saturated carbocycles. The normalized spacial score (nSPS) is 12.5. The van der Waals surface area contributed by atoms with Crippen molar-refractivity contribution in [2.45, 2.75) is 19.4 Å². The van der Waals surface area contributed by atoms with Crippen LogP contribution in [0.25, 0.3) is 20.7 Å². The number of aromatic nitrogens is 2. The lowest BCUT2D eigenvalue weighted by Crippen LogP contribution is -2.85. The predicted octanol–water partition coefficient (Wildman–Crippen LogP) is 3.58. The molecule has 0 amide bonds. The fraction of sp³-hybridized carbons (Fsp3) is 0.200. The van der Waals surface area contributed by atoms with Crippen LogP contribution in [0.3, 0.4) is 0 Å². The number of hydrogen-bond acceptors (Lipinski definition) is 4. The maximum absolute atomic E-state index is 12.7. The van der Waals surface area contributed by atoms with E-state index in [1.807, 2.05) is 29.0 Å². The van der Waals surface area contributed by atoms with Crippen LogP contribution in [0.15, 0.2) is 58.0 Å². The molecule has 3 heterocycles. The molecule has 0 aliphatic heterocycles. The van der Waals surface area contributed by atoms with E-state index in [4.69, 9.17) is 4.98 Å². The average Bonchev–Trinajstić information content (AvgIpc) is 3.32. The molecule has 4 nitrogen and oxygen atoms in total. The van der Waals surface area contributed by atoms with E-state index in [0.717, 1.165) is 34.1 Å². The second-order valence-electron chi connectivity index (χ2n) is 6.31. The van der Waals surface area contributed by atoms with Crippen molar-refractivity contribution < 1.29 is 5.32 Å². The molecule has 26 heavy (non-hydrogen) atoms. The Balaban J connectivity index is 1.53. The van der Waals surface area contributed by atoms with Crippen molar-refractivity contribution >= 4 is 32.9 Å². The number of aromatic amines is 1. The zero-order valence-electron chi connectivity index (χ0n) is 14.4.